The van der Waals surface area contributed by atoms with Crippen LogP contribution in [0, 0.1) is 10.1 Å². The number of anilines is 1. The SMILES string of the molecule is CN(C)S(=O)(=O)n1c(N)nc2ccc(Br)nc21.O=[N+]([O-])c1ccc(Br)nc1Br. The van der Waals surface area contributed by atoms with Gasteiger partial charge in [-0.3, -0.25) is 10.1 Å². The molecule has 28 heavy (non-hydrogen) atoms. The van der Waals surface area contributed by atoms with Gasteiger partial charge in [0.2, 0.25) is 5.95 Å². The van der Waals surface area contributed by atoms with E-state index in [1.165, 1.54) is 26.2 Å². The predicted molar refractivity (Wildman–Crippen MR) is 114 cm³/mol. The molecule has 0 unspecified atom stereocenters. The number of hydrogen-bond donors (Lipinski definition) is 1. The number of rotatable bonds is 3. The smallest absolute Gasteiger partial charge is 0.311 e. The molecule has 11 nitrogen and oxygen atoms in total. The van der Waals surface area contributed by atoms with Crippen LogP contribution in [0.3, 0.4) is 0 Å². The lowest BCUT2D eigenvalue weighted by molar-refractivity contribution is -0.386. The van der Waals surface area contributed by atoms with Gasteiger partial charge >= 0.3 is 15.9 Å². The fourth-order valence-electron chi connectivity index (χ4n) is 1.86. The zero-order chi connectivity index (χ0) is 21.2. The minimum atomic E-state index is -3.73. The van der Waals surface area contributed by atoms with Gasteiger partial charge in [0, 0.05) is 20.2 Å². The molecule has 0 fully saturated rings. The molecule has 0 atom stereocenters. The van der Waals surface area contributed by atoms with Gasteiger partial charge in [-0.15, -0.1) is 0 Å². The highest BCUT2D eigenvalue weighted by molar-refractivity contribution is 9.11. The molecule has 0 spiro atoms. The molecule has 0 amide bonds. The van der Waals surface area contributed by atoms with Crippen LogP contribution in [-0.4, -0.2) is 50.7 Å². The summed E-state index contributed by atoms with van der Waals surface area (Å²) in [4.78, 5) is 21.6. The Kier molecular flexibility index (Phi) is 7.08. The quantitative estimate of drug-likeness (QED) is 0.273. The number of pyridine rings is 2. The first kappa shape index (κ1) is 22.6. The third-order valence-corrected chi connectivity index (χ3v) is 6.35. The number of nitro groups is 1. The Balaban J connectivity index is 0.000000221. The number of fused-ring (bicyclic) bond motifs is 1. The molecule has 0 aromatic carbocycles. The molecule has 15 heteroatoms. The van der Waals surface area contributed by atoms with Gasteiger partial charge in [-0.2, -0.15) is 16.7 Å². The Labute approximate surface area is 184 Å². The molecule has 3 rings (SSSR count). The largest absolute Gasteiger partial charge is 0.368 e. The molecular formula is C13H12Br3N7O4S. The summed E-state index contributed by atoms with van der Waals surface area (Å²) in [7, 11) is -0.898. The van der Waals surface area contributed by atoms with E-state index in [2.05, 4.69) is 62.7 Å². The monoisotopic (exact) mass is 599 g/mol. The summed E-state index contributed by atoms with van der Waals surface area (Å²) in [6, 6.07) is 6.20. The topological polar surface area (TPSA) is 150 Å². The number of nitrogens with two attached hydrogens (primary N) is 1. The summed E-state index contributed by atoms with van der Waals surface area (Å²) >= 11 is 9.22. The van der Waals surface area contributed by atoms with Crippen LogP contribution in [0.5, 0.6) is 0 Å². The Morgan fingerprint density at radius 2 is 1.64 bits per heavy atom. The molecule has 0 bridgehead atoms. The van der Waals surface area contributed by atoms with E-state index in [9.17, 15) is 18.5 Å². The van der Waals surface area contributed by atoms with Crippen LogP contribution < -0.4 is 5.73 Å². The average Bonchev–Trinajstić information content (AvgIpc) is 2.90. The molecule has 2 N–H and O–H groups in total. The van der Waals surface area contributed by atoms with Crippen LogP contribution in [0.25, 0.3) is 11.2 Å². The number of halogens is 3. The zero-order valence-corrected chi connectivity index (χ0v) is 19.8. The molecule has 0 aliphatic rings. The molecule has 3 aromatic heterocycles. The highest BCUT2D eigenvalue weighted by Gasteiger charge is 2.24. The lowest BCUT2D eigenvalue weighted by Crippen LogP contribution is -2.29. The van der Waals surface area contributed by atoms with Crippen molar-refractivity contribution in [1.29, 1.82) is 0 Å². The summed E-state index contributed by atoms with van der Waals surface area (Å²) in [5.41, 5.74) is 6.21. The lowest BCUT2D eigenvalue weighted by atomic mass is 10.4. The zero-order valence-electron chi connectivity index (χ0n) is 14.2. The van der Waals surface area contributed by atoms with E-state index >= 15 is 0 Å². The van der Waals surface area contributed by atoms with Crippen LogP contribution in [0.1, 0.15) is 0 Å². The Hall–Kier alpha value is -1.68. The maximum atomic E-state index is 12.1. The van der Waals surface area contributed by atoms with Gasteiger partial charge in [0.25, 0.3) is 0 Å². The van der Waals surface area contributed by atoms with Gasteiger partial charge in [-0.25, -0.2) is 15.0 Å². The van der Waals surface area contributed by atoms with Gasteiger partial charge < -0.3 is 5.73 Å². The molecule has 0 saturated heterocycles. The van der Waals surface area contributed by atoms with Crippen molar-refractivity contribution in [2.75, 3.05) is 19.8 Å². The normalized spacial score (nSPS) is 11.4. The van der Waals surface area contributed by atoms with Gasteiger partial charge in [0.1, 0.15) is 14.7 Å². The maximum absolute atomic E-state index is 12.1. The van der Waals surface area contributed by atoms with Crippen molar-refractivity contribution in [2.45, 2.75) is 0 Å². The van der Waals surface area contributed by atoms with Crippen LogP contribution in [0.4, 0.5) is 11.6 Å². The van der Waals surface area contributed by atoms with Crippen LogP contribution in [0.15, 0.2) is 38.1 Å². The number of nitrogens with zero attached hydrogens (tertiary/aromatic N) is 6. The van der Waals surface area contributed by atoms with E-state index < -0.39 is 15.1 Å². The summed E-state index contributed by atoms with van der Waals surface area (Å²) in [6.45, 7) is 0. The van der Waals surface area contributed by atoms with Crippen molar-refractivity contribution in [3.05, 3.63) is 48.2 Å². The molecule has 0 saturated carbocycles. The second-order valence-corrected chi connectivity index (χ2v) is 9.57. The highest BCUT2D eigenvalue weighted by atomic mass is 79.9. The standard InChI is InChI=1S/C8H10BrN5O2S.C5H2Br2N2O2/c1-13(2)17(15,16)14-7-5(11-8(14)10)3-4-6(9)12-7;6-4-2-1-3(9(10)11)5(7)8-4/h3-4H,1-2H3,(H2,10,11);1-2H. The van der Waals surface area contributed by atoms with Crippen molar-refractivity contribution in [3.8, 4) is 0 Å². The Bertz CT molecular complexity index is 1150. The second kappa shape index (κ2) is 8.77. The predicted octanol–water partition coefficient (Wildman–Crippen LogP) is 2.95. The van der Waals surface area contributed by atoms with Gasteiger partial charge in [0.15, 0.2) is 10.3 Å². The van der Waals surface area contributed by atoms with E-state index in [1.807, 2.05) is 0 Å². The van der Waals surface area contributed by atoms with E-state index in [1.54, 1.807) is 12.1 Å². The molecular weight excluding hydrogens is 590 g/mol. The second-order valence-electron chi connectivity index (χ2n) is 5.20. The molecule has 150 valence electrons. The van der Waals surface area contributed by atoms with E-state index in [0.717, 1.165) is 8.28 Å². The van der Waals surface area contributed by atoms with Crippen LogP contribution in [0.2, 0.25) is 0 Å². The van der Waals surface area contributed by atoms with Gasteiger partial charge in [0.05, 0.1) is 4.92 Å². The van der Waals surface area contributed by atoms with Gasteiger partial charge in [-0.05, 0) is 66.0 Å². The molecule has 0 radical (unpaired) electrons. The third kappa shape index (κ3) is 4.83. The van der Waals surface area contributed by atoms with Crippen molar-refractivity contribution in [2.24, 2.45) is 0 Å². The minimum Gasteiger partial charge on any atom is -0.368 e. The fraction of sp³-hybridized carbons (Fsp3) is 0.154. The van der Waals surface area contributed by atoms with Crippen molar-refractivity contribution in [1.82, 2.24) is 23.2 Å². The molecule has 3 heterocycles. The van der Waals surface area contributed by atoms with E-state index in [4.69, 9.17) is 5.73 Å². The summed E-state index contributed by atoms with van der Waals surface area (Å²) in [5.74, 6) is -0.112. The Morgan fingerprint density at radius 3 is 2.18 bits per heavy atom. The Morgan fingerprint density at radius 1 is 1.07 bits per heavy atom. The number of nitrogen functional groups attached to an aromatic ring is 1. The molecule has 3 aromatic rings. The first-order valence-corrected chi connectivity index (χ1v) is 10.9. The molecule has 0 aliphatic carbocycles. The summed E-state index contributed by atoms with van der Waals surface area (Å²) in [5, 5.41) is 10.3. The lowest BCUT2D eigenvalue weighted by Gasteiger charge is -2.13. The van der Waals surface area contributed by atoms with Crippen LogP contribution in [-0.2, 0) is 10.2 Å². The third-order valence-electron chi connectivity index (χ3n) is 3.14. The van der Waals surface area contributed by atoms with Gasteiger partial charge in [-0.1, -0.05) is 0 Å². The van der Waals surface area contributed by atoms with Crippen molar-refractivity contribution in [3.63, 3.8) is 0 Å². The maximum Gasteiger partial charge on any atom is 0.311 e. The molecule has 0 aliphatic heterocycles. The van der Waals surface area contributed by atoms with Crippen LogP contribution >= 0.6 is 47.8 Å². The summed E-state index contributed by atoms with van der Waals surface area (Å²) < 4.78 is 27.4. The minimum absolute atomic E-state index is 0.0341. The van der Waals surface area contributed by atoms with Crippen molar-refractivity contribution < 1.29 is 13.3 Å². The average molecular weight is 602 g/mol. The number of hydrogen-bond acceptors (Lipinski definition) is 8. The fourth-order valence-corrected chi connectivity index (χ4v) is 4.14. The number of imidazole rings is 1. The number of aromatic nitrogens is 4. The highest BCUT2D eigenvalue weighted by Crippen LogP contribution is 2.24. The first-order valence-electron chi connectivity index (χ1n) is 7.15. The summed E-state index contributed by atoms with van der Waals surface area (Å²) in [6.07, 6.45) is 0. The van der Waals surface area contributed by atoms with Crippen molar-refractivity contribution >= 4 is 80.8 Å². The first-order chi connectivity index (χ1) is 12.9. The van der Waals surface area contributed by atoms with E-state index in [-0.39, 0.29) is 21.9 Å². The van der Waals surface area contributed by atoms with E-state index in [0.29, 0.717) is 14.7 Å².